The molecule has 0 unspecified atom stereocenters. The van der Waals surface area contributed by atoms with Gasteiger partial charge in [-0.3, -0.25) is 0 Å². The van der Waals surface area contributed by atoms with E-state index in [2.05, 4.69) is 0 Å². The fraction of sp³-hybridized carbons (Fsp3) is 0.368. The van der Waals surface area contributed by atoms with Gasteiger partial charge >= 0.3 is 0 Å². The summed E-state index contributed by atoms with van der Waals surface area (Å²) in [6.07, 6.45) is -0.166. The zero-order valence-electron chi connectivity index (χ0n) is 14.9. The number of hydrogen-bond donors (Lipinski definition) is 0. The molecule has 2 saturated heterocycles. The van der Waals surface area contributed by atoms with E-state index in [-0.39, 0.29) is 18.0 Å². The minimum atomic E-state index is -3.54. The van der Waals surface area contributed by atoms with Crippen molar-refractivity contribution in [1.29, 1.82) is 0 Å². The van der Waals surface area contributed by atoms with Gasteiger partial charge in [-0.15, -0.1) is 0 Å². The second-order valence-corrected chi connectivity index (χ2v) is 8.67. The molecule has 2 fully saturated rings. The summed E-state index contributed by atoms with van der Waals surface area (Å²) in [6.45, 7) is 2.47. The van der Waals surface area contributed by atoms with Crippen molar-refractivity contribution in [2.45, 2.75) is 36.7 Å². The highest BCUT2D eigenvalue weighted by Gasteiger charge is 2.46. The van der Waals surface area contributed by atoms with E-state index in [1.54, 1.807) is 30.3 Å². The van der Waals surface area contributed by atoms with Crippen molar-refractivity contribution in [3.8, 4) is 0 Å². The molecule has 8 heteroatoms. The Morgan fingerprint density at radius 1 is 0.963 bits per heavy atom. The molecule has 0 atom stereocenters. The first kappa shape index (κ1) is 18.5. The van der Waals surface area contributed by atoms with E-state index in [0.29, 0.717) is 12.8 Å². The fourth-order valence-electron chi connectivity index (χ4n) is 3.20. The van der Waals surface area contributed by atoms with Crippen molar-refractivity contribution in [2.24, 2.45) is 0 Å². The lowest BCUT2D eigenvalue weighted by atomic mass is 10.1. The molecule has 2 aliphatic heterocycles. The minimum absolute atomic E-state index is 0.249. The van der Waals surface area contributed by atoms with Gasteiger partial charge in [0.05, 0.1) is 4.90 Å². The van der Waals surface area contributed by atoms with Crippen molar-refractivity contribution < 1.29 is 28.0 Å². The molecule has 0 aliphatic carbocycles. The fourth-order valence-corrected chi connectivity index (χ4v) is 4.66. The van der Waals surface area contributed by atoms with E-state index in [1.165, 1.54) is 4.31 Å². The number of sulfonamides is 1. The quantitative estimate of drug-likeness (QED) is 0.749. The Labute approximate surface area is 158 Å². The monoisotopic (exact) mass is 391 g/mol. The molecule has 0 saturated carbocycles. The van der Waals surface area contributed by atoms with Crippen molar-refractivity contribution in [3.63, 3.8) is 0 Å². The van der Waals surface area contributed by atoms with Crippen LogP contribution in [0.3, 0.4) is 0 Å². The predicted molar refractivity (Wildman–Crippen MR) is 95.4 cm³/mol. The van der Waals surface area contributed by atoms with Gasteiger partial charge in [-0.05, 0) is 19.1 Å². The van der Waals surface area contributed by atoms with Gasteiger partial charge in [0.25, 0.3) is 0 Å². The van der Waals surface area contributed by atoms with Gasteiger partial charge in [0.2, 0.25) is 22.1 Å². The number of hydrogen-bond acceptors (Lipinski definition) is 6. The second kappa shape index (κ2) is 7.31. The third kappa shape index (κ3) is 3.77. The maximum absolute atomic E-state index is 12.7. The van der Waals surface area contributed by atoms with Gasteiger partial charge in [0, 0.05) is 31.5 Å². The SMILES string of the molecule is Cc1cccc(C2OOC3(CCN(S(=O)(=O)c4ccccc4)CC3)OO2)c1. The minimum Gasteiger partial charge on any atom is -0.207 e. The molecule has 2 heterocycles. The summed E-state index contributed by atoms with van der Waals surface area (Å²) < 4.78 is 26.8. The lowest BCUT2D eigenvalue weighted by Crippen LogP contribution is -2.51. The van der Waals surface area contributed by atoms with Crippen LogP contribution in [0.25, 0.3) is 0 Å². The molecular formula is C19H21NO6S. The highest BCUT2D eigenvalue weighted by atomic mass is 32.2. The van der Waals surface area contributed by atoms with Crippen molar-refractivity contribution in [2.75, 3.05) is 13.1 Å². The number of nitrogens with zero attached hydrogens (tertiary/aromatic N) is 1. The average Bonchev–Trinajstić information content (AvgIpc) is 2.70. The van der Waals surface area contributed by atoms with E-state index >= 15 is 0 Å². The van der Waals surface area contributed by atoms with Gasteiger partial charge in [-0.1, -0.05) is 48.0 Å². The molecule has 2 aromatic rings. The predicted octanol–water partition coefficient (Wildman–Crippen LogP) is 3.08. The van der Waals surface area contributed by atoms with E-state index < -0.39 is 22.1 Å². The lowest BCUT2D eigenvalue weighted by molar-refractivity contribution is -0.633. The van der Waals surface area contributed by atoms with E-state index in [4.69, 9.17) is 19.6 Å². The highest BCUT2D eigenvalue weighted by Crippen LogP contribution is 2.38. The molecule has 2 aromatic carbocycles. The number of aryl methyl sites for hydroxylation is 1. The van der Waals surface area contributed by atoms with Gasteiger partial charge in [-0.25, -0.2) is 8.42 Å². The molecule has 4 rings (SSSR count). The molecule has 0 radical (unpaired) electrons. The van der Waals surface area contributed by atoms with Gasteiger partial charge in [0.1, 0.15) is 0 Å². The molecule has 1 spiro atoms. The van der Waals surface area contributed by atoms with Gasteiger partial charge in [0.15, 0.2) is 0 Å². The summed E-state index contributed by atoms with van der Waals surface area (Å²) in [5.74, 6) is -1.09. The third-order valence-corrected chi connectivity index (χ3v) is 6.67. The molecule has 27 heavy (non-hydrogen) atoms. The van der Waals surface area contributed by atoms with E-state index in [1.807, 2.05) is 31.2 Å². The van der Waals surface area contributed by atoms with Crippen molar-refractivity contribution >= 4 is 10.0 Å². The summed E-state index contributed by atoms with van der Waals surface area (Å²) in [7, 11) is -3.54. The van der Waals surface area contributed by atoms with E-state index in [9.17, 15) is 8.42 Å². The smallest absolute Gasteiger partial charge is 0.207 e. The van der Waals surface area contributed by atoms with Crippen LogP contribution in [0.2, 0.25) is 0 Å². The number of piperidine rings is 1. The van der Waals surface area contributed by atoms with Crippen molar-refractivity contribution in [3.05, 3.63) is 65.7 Å². The Bertz CT molecular complexity index is 883. The molecular weight excluding hydrogens is 370 g/mol. The topological polar surface area (TPSA) is 74.3 Å². The Kier molecular flexibility index (Phi) is 5.02. The summed E-state index contributed by atoms with van der Waals surface area (Å²) in [6, 6.07) is 16.0. The van der Waals surface area contributed by atoms with Gasteiger partial charge in [-0.2, -0.15) is 23.9 Å². The third-order valence-electron chi connectivity index (χ3n) is 4.75. The molecule has 144 valence electrons. The summed E-state index contributed by atoms with van der Waals surface area (Å²) >= 11 is 0. The van der Waals surface area contributed by atoms with Crippen LogP contribution in [0, 0.1) is 6.92 Å². The first-order chi connectivity index (χ1) is 13.0. The van der Waals surface area contributed by atoms with Crippen LogP contribution >= 0.6 is 0 Å². The van der Waals surface area contributed by atoms with Crippen LogP contribution in [0.15, 0.2) is 59.5 Å². The van der Waals surface area contributed by atoms with Crippen LogP contribution in [0.1, 0.15) is 30.3 Å². The lowest BCUT2D eigenvalue weighted by Gasteiger charge is -2.41. The maximum Gasteiger partial charge on any atom is 0.249 e. The molecule has 0 N–H and O–H groups in total. The first-order valence-electron chi connectivity index (χ1n) is 8.79. The van der Waals surface area contributed by atoms with Crippen molar-refractivity contribution in [1.82, 2.24) is 4.31 Å². The highest BCUT2D eigenvalue weighted by molar-refractivity contribution is 7.89. The summed E-state index contributed by atoms with van der Waals surface area (Å²) in [5.41, 5.74) is 1.85. The Balaban J connectivity index is 1.38. The second-order valence-electron chi connectivity index (χ2n) is 6.73. The maximum atomic E-state index is 12.7. The summed E-state index contributed by atoms with van der Waals surface area (Å²) in [4.78, 5) is 22.1. The summed E-state index contributed by atoms with van der Waals surface area (Å²) in [5, 5.41) is 0. The zero-order valence-corrected chi connectivity index (χ0v) is 15.7. The molecule has 0 aromatic heterocycles. The Morgan fingerprint density at radius 3 is 2.26 bits per heavy atom. The molecule has 7 nitrogen and oxygen atoms in total. The zero-order chi connectivity index (χ0) is 18.9. The Morgan fingerprint density at radius 2 is 1.63 bits per heavy atom. The normalized spacial score (nSPS) is 21.4. The van der Waals surface area contributed by atoms with Gasteiger partial charge < -0.3 is 0 Å². The largest absolute Gasteiger partial charge is 0.249 e. The van der Waals surface area contributed by atoms with E-state index in [0.717, 1.165) is 11.1 Å². The standard InChI is InChI=1S/C19H21NO6S/c1-15-6-5-7-16(14-15)18-23-25-19(26-24-18)10-12-20(13-11-19)27(21,22)17-8-3-2-4-9-17/h2-9,14,18H,10-13H2,1H3. The molecule has 0 bridgehead atoms. The van der Waals surface area contributed by atoms with Crippen LogP contribution in [0.4, 0.5) is 0 Å². The molecule has 0 amide bonds. The number of benzene rings is 2. The van der Waals surface area contributed by atoms with Crippen LogP contribution in [-0.2, 0) is 29.6 Å². The van der Waals surface area contributed by atoms with Crippen LogP contribution < -0.4 is 0 Å². The Hall–Kier alpha value is -1.81. The van der Waals surface area contributed by atoms with Crippen LogP contribution in [0.5, 0.6) is 0 Å². The van der Waals surface area contributed by atoms with Crippen LogP contribution in [-0.4, -0.2) is 31.6 Å². The number of rotatable bonds is 3. The average molecular weight is 391 g/mol. The molecule has 2 aliphatic rings. The first-order valence-corrected chi connectivity index (χ1v) is 10.2.